The van der Waals surface area contributed by atoms with Crippen LogP contribution in [-0.4, -0.2) is 34.4 Å². The smallest absolute Gasteiger partial charge is 0.310 e. The molecule has 1 unspecified atom stereocenters. The lowest BCUT2D eigenvalue weighted by Gasteiger charge is -2.14. The average molecular weight is 303 g/mol. The SMILES string of the molecule is O=[N+]([O-])OCC(COc1ccccc1[N+](=O)[O-])O[N+](=O)[O-]. The Balaban J connectivity index is 2.69. The van der Waals surface area contributed by atoms with E-state index in [1.54, 1.807) is 0 Å². The number of benzene rings is 1. The quantitative estimate of drug-likeness (QED) is 0.474. The minimum absolute atomic E-state index is 0.152. The van der Waals surface area contributed by atoms with Crippen LogP contribution in [0.2, 0.25) is 0 Å². The van der Waals surface area contributed by atoms with Crippen LogP contribution in [0.5, 0.6) is 5.75 Å². The van der Waals surface area contributed by atoms with Crippen molar-refractivity contribution >= 4 is 5.69 Å². The van der Waals surface area contributed by atoms with Crippen LogP contribution in [0, 0.1) is 30.3 Å². The Morgan fingerprint density at radius 1 is 1.00 bits per heavy atom. The highest BCUT2D eigenvalue weighted by Gasteiger charge is 2.20. The van der Waals surface area contributed by atoms with Gasteiger partial charge in [-0.1, -0.05) is 12.1 Å². The summed E-state index contributed by atoms with van der Waals surface area (Å²) in [5.74, 6) is -0.152. The summed E-state index contributed by atoms with van der Waals surface area (Å²) in [6.07, 6.45) is -1.41. The van der Waals surface area contributed by atoms with E-state index in [4.69, 9.17) is 4.74 Å². The zero-order chi connectivity index (χ0) is 15.8. The van der Waals surface area contributed by atoms with E-state index in [0.29, 0.717) is 0 Å². The molecule has 0 aliphatic heterocycles. The van der Waals surface area contributed by atoms with E-state index in [9.17, 15) is 30.3 Å². The third kappa shape index (κ3) is 5.54. The molecule has 0 spiro atoms. The van der Waals surface area contributed by atoms with Crippen molar-refractivity contribution in [3.05, 3.63) is 54.6 Å². The third-order valence-corrected chi connectivity index (χ3v) is 2.09. The molecule has 114 valence electrons. The predicted molar refractivity (Wildman–Crippen MR) is 63.4 cm³/mol. The third-order valence-electron chi connectivity index (χ3n) is 2.09. The molecule has 0 radical (unpaired) electrons. The second-order valence-electron chi connectivity index (χ2n) is 3.51. The fourth-order valence-electron chi connectivity index (χ4n) is 1.29. The van der Waals surface area contributed by atoms with Gasteiger partial charge in [-0.2, -0.15) is 0 Å². The molecule has 0 aliphatic rings. The molecule has 1 rings (SSSR count). The van der Waals surface area contributed by atoms with Gasteiger partial charge in [-0.05, 0) is 6.07 Å². The van der Waals surface area contributed by atoms with Crippen LogP contribution >= 0.6 is 0 Å². The van der Waals surface area contributed by atoms with Gasteiger partial charge in [0.2, 0.25) is 0 Å². The Morgan fingerprint density at radius 3 is 2.24 bits per heavy atom. The fraction of sp³-hybridized carbons (Fsp3) is 0.333. The van der Waals surface area contributed by atoms with Crippen molar-refractivity contribution < 1.29 is 29.5 Å². The van der Waals surface area contributed by atoms with Gasteiger partial charge in [0.1, 0.15) is 13.2 Å². The lowest BCUT2D eigenvalue weighted by atomic mass is 10.3. The largest absolute Gasteiger partial charge is 0.484 e. The molecule has 0 saturated carbocycles. The summed E-state index contributed by atoms with van der Waals surface area (Å²) in [5, 5.41) is 28.7. The maximum absolute atomic E-state index is 10.7. The predicted octanol–water partition coefficient (Wildman–Crippen LogP) is 0.759. The molecule has 0 N–H and O–H groups in total. The van der Waals surface area contributed by atoms with Crippen molar-refractivity contribution in [2.75, 3.05) is 13.2 Å². The van der Waals surface area contributed by atoms with E-state index in [1.807, 2.05) is 0 Å². The maximum Gasteiger partial charge on any atom is 0.310 e. The van der Waals surface area contributed by atoms with Crippen molar-refractivity contribution in [2.45, 2.75) is 6.10 Å². The zero-order valence-electron chi connectivity index (χ0n) is 10.3. The summed E-state index contributed by atoms with van der Waals surface area (Å²) in [4.78, 5) is 38.4. The molecule has 0 amide bonds. The Kier molecular flexibility index (Phi) is 5.61. The van der Waals surface area contributed by atoms with Crippen molar-refractivity contribution in [1.82, 2.24) is 0 Å². The van der Waals surface area contributed by atoms with Gasteiger partial charge in [0.05, 0.1) is 4.92 Å². The molecule has 0 aliphatic carbocycles. The second-order valence-corrected chi connectivity index (χ2v) is 3.51. The first-order valence-electron chi connectivity index (χ1n) is 5.35. The minimum Gasteiger partial charge on any atom is -0.484 e. The Morgan fingerprint density at radius 2 is 1.67 bits per heavy atom. The van der Waals surface area contributed by atoms with Crippen LogP contribution in [0.1, 0.15) is 0 Å². The van der Waals surface area contributed by atoms with Crippen LogP contribution in [0.15, 0.2) is 24.3 Å². The van der Waals surface area contributed by atoms with Crippen molar-refractivity contribution in [1.29, 1.82) is 0 Å². The first kappa shape index (κ1) is 15.9. The Labute approximate surface area is 116 Å². The molecule has 0 fully saturated rings. The lowest BCUT2D eigenvalue weighted by molar-refractivity contribution is -0.790. The number of hydrogen-bond donors (Lipinski definition) is 0. The lowest BCUT2D eigenvalue weighted by Crippen LogP contribution is -2.30. The standard InChI is InChI=1S/C9H9N3O9/c13-10(14)8-3-1-2-4-9(8)19-5-7(21-12(17)18)6-20-11(15)16/h1-4,7H,5-6H2. The van der Waals surface area contributed by atoms with Crippen LogP contribution < -0.4 is 4.74 Å². The topological polar surface area (TPSA) is 157 Å². The zero-order valence-corrected chi connectivity index (χ0v) is 10.3. The van der Waals surface area contributed by atoms with Crippen molar-refractivity contribution in [2.24, 2.45) is 0 Å². The normalized spacial score (nSPS) is 11.2. The van der Waals surface area contributed by atoms with E-state index in [-0.39, 0.29) is 11.4 Å². The first-order chi connectivity index (χ1) is 9.90. The van der Waals surface area contributed by atoms with E-state index < -0.39 is 34.4 Å². The van der Waals surface area contributed by atoms with Gasteiger partial charge < -0.3 is 14.4 Å². The molecule has 0 bridgehead atoms. The highest BCUT2D eigenvalue weighted by Crippen LogP contribution is 2.25. The van der Waals surface area contributed by atoms with E-state index in [2.05, 4.69) is 9.68 Å². The number of nitro benzene ring substituents is 1. The fourth-order valence-corrected chi connectivity index (χ4v) is 1.29. The molecule has 12 heteroatoms. The molecule has 0 aromatic heterocycles. The van der Waals surface area contributed by atoms with E-state index >= 15 is 0 Å². The second kappa shape index (κ2) is 7.42. The van der Waals surface area contributed by atoms with Crippen molar-refractivity contribution in [3.8, 4) is 5.75 Å². The highest BCUT2D eigenvalue weighted by molar-refractivity contribution is 5.45. The van der Waals surface area contributed by atoms with Crippen LogP contribution in [0.3, 0.4) is 0 Å². The monoisotopic (exact) mass is 303 g/mol. The van der Waals surface area contributed by atoms with Crippen LogP contribution in [-0.2, 0) is 9.68 Å². The Bertz CT molecular complexity index is 535. The summed E-state index contributed by atoms with van der Waals surface area (Å²) >= 11 is 0. The summed E-state index contributed by atoms with van der Waals surface area (Å²) in [6, 6.07) is 5.31. The van der Waals surface area contributed by atoms with Gasteiger partial charge in [-0.3, -0.25) is 10.1 Å². The molecular formula is C9H9N3O9. The number of hydrogen-bond acceptors (Lipinski definition) is 9. The minimum atomic E-state index is -1.41. The van der Waals surface area contributed by atoms with E-state index in [0.717, 1.165) is 0 Å². The highest BCUT2D eigenvalue weighted by atomic mass is 17.0. The molecule has 1 aromatic carbocycles. The first-order valence-corrected chi connectivity index (χ1v) is 5.35. The molecule has 0 heterocycles. The van der Waals surface area contributed by atoms with E-state index in [1.165, 1.54) is 24.3 Å². The van der Waals surface area contributed by atoms with Crippen LogP contribution in [0.25, 0.3) is 0 Å². The van der Waals surface area contributed by atoms with Crippen molar-refractivity contribution in [3.63, 3.8) is 0 Å². The molecule has 12 nitrogen and oxygen atoms in total. The maximum atomic E-state index is 10.7. The molecule has 21 heavy (non-hydrogen) atoms. The summed E-state index contributed by atoms with van der Waals surface area (Å²) in [5.41, 5.74) is -0.354. The number of nitro groups is 1. The summed E-state index contributed by atoms with van der Waals surface area (Å²) in [6.45, 7) is -1.30. The molecule has 1 atom stereocenters. The van der Waals surface area contributed by atoms with Gasteiger partial charge in [0.25, 0.3) is 10.2 Å². The number of rotatable bonds is 9. The van der Waals surface area contributed by atoms with Gasteiger partial charge in [-0.15, -0.1) is 20.2 Å². The Hall–Kier alpha value is -3.18. The number of nitrogens with zero attached hydrogens (tertiary/aromatic N) is 3. The molecule has 1 aromatic rings. The average Bonchev–Trinajstić information content (AvgIpc) is 2.41. The van der Waals surface area contributed by atoms with Gasteiger partial charge in [0.15, 0.2) is 11.9 Å². The number of para-hydroxylation sites is 2. The van der Waals surface area contributed by atoms with Gasteiger partial charge in [-0.25, -0.2) is 0 Å². The summed E-state index contributed by atoms with van der Waals surface area (Å²) in [7, 11) is 0. The molecular weight excluding hydrogens is 294 g/mol. The van der Waals surface area contributed by atoms with Gasteiger partial charge >= 0.3 is 5.69 Å². The number of ether oxygens (including phenoxy) is 1. The summed E-state index contributed by atoms with van der Waals surface area (Å²) < 4.78 is 5.02. The molecule has 0 saturated heterocycles. The van der Waals surface area contributed by atoms with Crippen LogP contribution in [0.4, 0.5) is 5.69 Å². The van der Waals surface area contributed by atoms with Gasteiger partial charge in [0, 0.05) is 6.07 Å².